The van der Waals surface area contributed by atoms with E-state index in [1.807, 2.05) is 55.1 Å². The summed E-state index contributed by atoms with van der Waals surface area (Å²) in [6.45, 7) is 4.93. The monoisotopic (exact) mass is 452 g/mol. The number of nitrogens with two attached hydrogens (primary N) is 1. The van der Waals surface area contributed by atoms with Crippen molar-refractivity contribution in [3.63, 3.8) is 0 Å². The number of hydrogen-bond acceptors (Lipinski definition) is 6. The van der Waals surface area contributed by atoms with Crippen molar-refractivity contribution in [1.82, 2.24) is 9.78 Å². The van der Waals surface area contributed by atoms with Gasteiger partial charge in [-0.2, -0.15) is 0 Å². The predicted octanol–water partition coefficient (Wildman–Crippen LogP) is 4.30. The molecule has 1 aromatic carbocycles. The average Bonchev–Trinajstić information content (AvgIpc) is 3.13. The third-order valence-corrected chi connectivity index (χ3v) is 5.04. The molecule has 0 atom stereocenters. The number of anilines is 1. The van der Waals surface area contributed by atoms with Crippen LogP contribution in [0.2, 0.25) is 0 Å². The maximum atomic E-state index is 12.3. The van der Waals surface area contributed by atoms with Crippen molar-refractivity contribution >= 4 is 24.2 Å². The molecule has 0 unspecified atom stereocenters. The Bertz CT molecular complexity index is 792. The number of ether oxygens (including phenoxy) is 3. The van der Waals surface area contributed by atoms with E-state index in [2.05, 4.69) is 10.4 Å². The number of amides is 1. The highest BCUT2D eigenvalue weighted by Gasteiger charge is 2.23. The van der Waals surface area contributed by atoms with E-state index in [4.69, 9.17) is 19.9 Å². The van der Waals surface area contributed by atoms with Crippen LogP contribution >= 0.6 is 12.4 Å². The molecular weight excluding hydrogens is 420 g/mol. The van der Waals surface area contributed by atoms with Gasteiger partial charge in [0.2, 0.25) is 0 Å². The van der Waals surface area contributed by atoms with Gasteiger partial charge in [0, 0.05) is 6.04 Å². The zero-order valence-corrected chi connectivity index (χ0v) is 19.0. The molecule has 1 saturated carbocycles. The van der Waals surface area contributed by atoms with Gasteiger partial charge in [0.1, 0.15) is 18.9 Å². The van der Waals surface area contributed by atoms with Crippen LogP contribution in [-0.2, 0) is 16.1 Å². The number of nitrogens with zero attached hydrogens (tertiary/aromatic N) is 2. The lowest BCUT2D eigenvalue weighted by Crippen LogP contribution is -2.28. The fraction of sp³-hybridized carbons (Fsp3) is 0.545. The maximum Gasteiger partial charge on any atom is 0.412 e. The normalized spacial score (nSPS) is 18.3. The molecule has 0 radical (unpaired) electrons. The standard InChI is InChI=1S/C22H32N4O4.ClH/c1-16(2)28-12-13-29-21-20(14-26(25-21)19-10-8-18(23)9-11-19)24-22(27)30-15-17-6-4-3-5-7-17;/h3-7,14,16,18-19H,8-13,15,23H2,1-2H3,(H,24,27);1H/t18-,19-;. The number of hydrogen-bond donors (Lipinski definition) is 2. The van der Waals surface area contributed by atoms with Crippen LogP contribution in [0.1, 0.15) is 51.1 Å². The van der Waals surface area contributed by atoms with Crippen molar-refractivity contribution in [2.24, 2.45) is 5.73 Å². The van der Waals surface area contributed by atoms with E-state index < -0.39 is 6.09 Å². The molecule has 9 heteroatoms. The Morgan fingerprint density at radius 1 is 1.19 bits per heavy atom. The van der Waals surface area contributed by atoms with Gasteiger partial charge in [0.05, 0.1) is 24.9 Å². The molecule has 0 spiro atoms. The van der Waals surface area contributed by atoms with Crippen molar-refractivity contribution < 1.29 is 19.0 Å². The highest BCUT2D eigenvalue weighted by molar-refractivity contribution is 5.86. The molecule has 8 nitrogen and oxygen atoms in total. The topological polar surface area (TPSA) is 101 Å². The SMILES string of the molecule is CC(C)OCCOc1nn([C@H]2CC[C@H](N)CC2)cc1NC(=O)OCc1ccccc1.Cl. The number of carbonyl (C=O) groups is 1. The van der Waals surface area contributed by atoms with E-state index >= 15 is 0 Å². The number of nitrogens with one attached hydrogen (secondary N) is 1. The molecule has 0 bridgehead atoms. The summed E-state index contributed by atoms with van der Waals surface area (Å²) in [5.41, 5.74) is 7.43. The molecule has 2 aromatic rings. The molecule has 1 aliphatic carbocycles. The summed E-state index contributed by atoms with van der Waals surface area (Å²) in [7, 11) is 0. The molecule has 1 heterocycles. The van der Waals surface area contributed by atoms with Gasteiger partial charge in [0.15, 0.2) is 0 Å². The zero-order chi connectivity index (χ0) is 21.3. The molecule has 1 aromatic heterocycles. The van der Waals surface area contributed by atoms with Gasteiger partial charge in [-0.15, -0.1) is 17.5 Å². The van der Waals surface area contributed by atoms with Crippen LogP contribution in [0.3, 0.4) is 0 Å². The first-order valence-electron chi connectivity index (χ1n) is 10.6. The van der Waals surface area contributed by atoms with Gasteiger partial charge in [-0.1, -0.05) is 30.3 Å². The smallest absolute Gasteiger partial charge is 0.412 e. The van der Waals surface area contributed by atoms with Gasteiger partial charge in [-0.3, -0.25) is 10.00 Å². The number of rotatable bonds is 9. The first kappa shape index (κ1) is 25.0. The summed E-state index contributed by atoms with van der Waals surface area (Å²) >= 11 is 0. The quantitative estimate of drug-likeness (QED) is 0.550. The minimum Gasteiger partial charge on any atom is -0.473 e. The second kappa shape index (κ2) is 12.5. The molecule has 1 aliphatic rings. The van der Waals surface area contributed by atoms with Gasteiger partial charge in [-0.25, -0.2) is 4.79 Å². The fourth-order valence-electron chi connectivity index (χ4n) is 3.41. The average molecular weight is 453 g/mol. The highest BCUT2D eigenvalue weighted by atomic mass is 35.5. The summed E-state index contributed by atoms with van der Waals surface area (Å²) in [6.07, 6.45) is 5.22. The van der Waals surface area contributed by atoms with Gasteiger partial charge in [-0.05, 0) is 45.1 Å². The molecule has 0 saturated heterocycles. The van der Waals surface area contributed by atoms with Crippen LogP contribution in [0.15, 0.2) is 36.5 Å². The largest absolute Gasteiger partial charge is 0.473 e. The number of benzene rings is 1. The fourth-order valence-corrected chi connectivity index (χ4v) is 3.41. The summed E-state index contributed by atoms with van der Waals surface area (Å²) in [5.74, 6) is 0.369. The Kier molecular flexibility index (Phi) is 10.1. The van der Waals surface area contributed by atoms with Gasteiger partial charge in [0.25, 0.3) is 5.88 Å². The predicted molar refractivity (Wildman–Crippen MR) is 122 cm³/mol. The lowest BCUT2D eigenvalue weighted by molar-refractivity contribution is 0.0541. The Balaban J connectivity index is 0.00000341. The minimum atomic E-state index is -0.549. The van der Waals surface area contributed by atoms with Crippen LogP contribution in [0.25, 0.3) is 0 Å². The zero-order valence-electron chi connectivity index (χ0n) is 18.2. The summed E-state index contributed by atoms with van der Waals surface area (Å²) < 4.78 is 18.5. The van der Waals surface area contributed by atoms with Gasteiger partial charge < -0.3 is 19.9 Å². The minimum absolute atomic E-state index is 0. The Hall–Kier alpha value is -2.29. The molecule has 1 fully saturated rings. The molecule has 0 aliphatic heterocycles. The molecule has 31 heavy (non-hydrogen) atoms. The van der Waals surface area contributed by atoms with Crippen LogP contribution in [0.4, 0.5) is 10.5 Å². The van der Waals surface area contributed by atoms with E-state index in [1.165, 1.54) is 0 Å². The Morgan fingerprint density at radius 3 is 2.58 bits per heavy atom. The highest BCUT2D eigenvalue weighted by Crippen LogP contribution is 2.31. The van der Waals surface area contributed by atoms with Crippen molar-refractivity contribution in [1.29, 1.82) is 0 Å². The van der Waals surface area contributed by atoms with Crippen LogP contribution in [-0.4, -0.2) is 41.2 Å². The van der Waals surface area contributed by atoms with E-state index in [0.29, 0.717) is 24.8 Å². The lowest BCUT2D eigenvalue weighted by atomic mass is 9.92. The summed E-state index contributed by atoms with van der Waals surface area (Å²) in [4.78, 5) is 12.3. The third-order valence-electron chi connectivity index (χ3n) is 5.04. The van der Waals surface area contributed by atoms with E-state index in [-0.39, 0.29) is 37.2 Å². The number of halogens is 1. The number of carbonyl (C=O) groups excluding carboxylic acids is 1. The first-order chi connectivity index (χ1) is 14.5. The lowest BCUT2D eigenvalue weighted by Gasteiger charge is -2.26. The van der Waals surface area contributed by atoms with Crippen LogP contribution in [0.5, 0.6) is 5.88 Å². The third kappa shape index (κ3) is 8.05. The van der Waals surface area contributed by atoms with Crippen LogP contribution in [0, 0.1) is 0 Å². The van der Waals surface area contributed by atoms with Crippen molar-refractivity contribution in [3.8, 4) is 5.88 Å². The summed E-state index contributed by atoms with van der Waals surface area (Å²) in [6, 6.07) is 10.0. The molecule has 3 rings (SSSR count). The van der Waals surface area contributed by atoms with Crippen molar-refractivity contribution in [3.05, 3.63) is 42.1 Å². The number of aromatic nitrogens is 2. The Labute approximate surface area is 189 Å². The first-order valence-corrected chi connectivity index (χ1v) is 10.6. The molecule has 1 amide bonds. The van der Waals surface area contributed by atoms with E-state index in [1.54, 1.807) is 0 Å². The van der Waals surface area contributed by atoms with E-state index in [0.717, 1.165) is 31.2 Å². The van der Waals surface area contributed by atoms with Crippen molar-refractivity contribution in [2.75, 3.05) is 18.5 Å². The second-order valence-corrected chi connectivity index (χ2v) is 7.85. The molecular formula is C22H33ClN4O4. The summed E-state index contributed by atoms with van der Waals surface area (Å²) in [5, 5.41) is 7.34. The Morgan fingerprint density at radius 2 is 1.90 bits per heavy atom. The van der Waals surface area contributed by atoms with Crippen molar-refractivity contribution in [2.45, 2.75) is 64.3 Å². The molecule has 172 valence electrons. The van der Waals surface area contributed by atoms with Crippen LogP contribution < -0.4 is 15.8 Å². The molecule has 3 N–H and O–H groups in total. The van der Waals surface area contributed by atoms with Gasteiger partial charge >= 0.3 is 6.09 Å². The maximum absolute atomic E-state index is 12.3. The second-order valence-electron chi connectivity index (χ2n) is 7.85. The van der Waals surface area contributed by atoms with E-state index in [9.17, 15) is 4.79 Å².